The molecule has 0 atom stereocenters. The van der Waals surface area contributed by atoms with E-state index in [1.54, 1.807) is 35.7 Å². The molecular weight excluding hydrogens is 416 g/mol. The Morgan fingerprint density at radius 3 is 2.96 bits per heavy atom. The second-order valence-electron chi connectivity index (χ2n) is 5.35. The number of furan rings is 1. The van der Waals surface area contributed by atoms with Crippen LogP contribution in [0, 0.1) is 11.3 Å². The molecule has 26 heavy (non-hydrogen) atoms. The summed E-state index contributed by atoms with van der Waals surface area (Å²) in [6, 6.07) is 12.8. The van der Waals surface area contributed by atoms with Gasteiger partial charge in [-0.05, 0) is 36.4 Å². The molecule has 0 radical (unpaired) electrons. The molecule has 3 heterocycles. The fourth-order valence-electron chi connectivity index (χ4n) is 2.45. The number of nitriles is 1. The Hall–Kier alpha value is -2.95. The van der Waals surface area contributed by atoms with Crippen molar-refractivity contribution in [3.8, 4) is 17.3 Å². The lowest BCUT2D eigenvalue weighted by atomic mass is 10.1. The number of allylic oxidation sites excluding steroid dienone is 1. The zero-order valence-electron chi connectivity index (χ0n) is 13.1. The lowest BCUT2D eigenvalue weighted by Crippen LogP contribution is -2.02. The third-order valence-corrected chi connectivity index (χ3v) is 5.02. The minimum absolute atomic E-state index is 0.355. The van der Waals surface area contributed by atoms with Gasteiger partial charge in [0, 0.05) is 21.3 Å². The van der Waals surface area contributed by atoms with Gasteiger partial charge in [0.1, 0.15) is 22.4 Å². The van der Waals surface area contributed by atoms with E-state index in [-0.39, 0.29) is 0 Å². The third kappa shape index (κ3) is 3.12. The molecule has 0 amide bonds. The van der Waals surface area contributed by atoms with E-state index >= 15 is 0 Å². The van der Waals surface area contributed by atoms with Crippen LogP contribution in [0.15, 0.2) is 66.1 Å². The van der Waals surface area contributed by atoms with Gasteiger partial charge in [0.25, 0.3) is 0 Å². The van der Waals surface area contributed by atoms with Gasteiger partial charge < -0.3 is 8.83 Å². The minimum Gasteiger partial charge on any atom is -0.465 e. The predicted octanol–water partition coefficient (Wildman–Crippen LogP) is 5.34. The highest BCUT2D eigenvalue weighted by Gasteiger charge is 2.14. The number of fused-ring (bicyclic) bond motifs is 1. The molecule has 0 N–H and O–H groups in total. The summed E-state index contributed by atoms with van der Waals surface area (Å²) in [5.74, 6) is 0.563. The van der Waals surface area contributed by atoms with Crippen LogP contribution >= 0.6 is 27.3 Å². The highest BCUT2D eigenvalue weighted by Crippen LogP contribution is 2.28. The van der Waals surface area contributed by atoms with Gasteiger partial charge in [0.05, 0.1) is 23.1 Å². The molecule has 7 heteroatoms. The van der Waals surface area contributed by atoms with E-state index in [1.165, 1.54) is 17.6 Å². The third-order valence-electron chi connectivity index (χ3n) is 3.66. The summed E-state index contributed by atoms with van der Waals surface area (Å²) in [6.45, 7) is 0. The SMILES string of the molecule is N#C/C(=C\c1ccco1)c1nc(-c2cc3cc(Br)ccc3oc2=O)cs1. The highest BCUT2D eigenvalue weighted by molar-refractivity contribution is 9.10. The van der Waals surface area contributed by atoms with Crippen LogP contribution in [-0.2, 0) is 0 Å². The second kappa shape index (κ2) is 6.75. The van der Waals surface area contributed by atoms with Gasteiger partial charge in [0.15, 0.2) is 0 Å². The van der Waals surface area contributed by atoms with Crippen molar-refractivity contribution >= 4 is 49.9 Å². The van der Waals surface area contributed by atoms with Gasteiger partial charge in [-0.1, -0.05) is 15.9 Å². The molecule has 126 valence electrons. The number of hydrogen-bond acceptors (Lipinski definition) is 6. The van der Waals surface area contributed by atoms with Crippen LogP contribution in [0.1, 0.15) is 10.8 Å². The Morgan fingerprint density at radius 2 is 2.19 bits per heavy atom. The number of nitrogens with zero attached hydrogens (tertiary/aromatic N) is 2. The lowest BCUT2D eigenvalue weighted by molar-refractivity contribution is 0.557. The molecule has 4 rings (SSSR count). The topological polar surface area (TPSA) is 80.0 Å². The maximum atomic E-state index is 12.3. The summed E-state index contributed by atoms with van der Waals surface area (Å²) < 4.78 is 11.5. The first kappa shape index (κ1) is 16.5. The van der Waals surface area contributed by atoms with Gasteiger partial charge >= 0.3 is 5.63 Å². The molecule has 5 nitrogen and oxygen atoms in total. The smallest absolute Gasteiger partial charge is 0.345 e. The van der Waals surface area contributed by atoms with Crippen molar-refractivity contribution in [2.24, 2.45) is 0 Å². The summed E-state index contributed by atoms with van der Waals surface area (Å²) in [4.78, 5) is 16.8. The Bertz CT molecular complexity index is 1230. The Balaban J connectivity index is 1.79. The van der Waals surface area contributed by atoms with Gasteiger partial charge in [0.2, 0.25) is 0 Å². The van der Waals surface area contributed by atoms with Crippen molar-refractivity contribution in [2.75, 3.05) is 0 Å². The highest BCUT2D eigenvalue weighted by atomic mass is 79.9. The normalized spacial score (nSPS) is 11.6. The molecule has 0 fully saturated rings. The zero-order chi connectivity index (χ0) is 18.1. The van der Waals surface area contributed by atoms with Crippen LogP contribution in [0.2, 0.25) is 0 Å². The summed E-state index contributed by atoms with van der Waals surface area (Å²) in [6.07, 6.45) is 3.15. The van der Waals surface area contributed by atoms with Crippen LogP contribution in [0.5, 0.6) is 0 Å². The number of halogens is 1. The largest absolute Gasteiger partial charge is 0.465 e. The van der Waals surface area contributed by atoms with Crippen LogP contribution in [0.3, 0.4) is 0 Å². The van der Waals surface area contributed by atoms with Crippen LogP contribution in [0.25, 0.3) is 33.9 Å². The maximum absolute atomic E-state index is 12.3. The quantitative estimate of drug-likeness (QED) is 0.327. The van der Waals surface area contributed by atoms with Crippen LogP contribution in [-0.4, -0.2) is 4.98 Å². The number of benzene rings is 1. The average Bonchev–Trinajstić information content (AvgIpc) is 3.31. The molecular formula is C19H9BrN2O3S. The molecule has 1 aromatic carbocycles. The van der Waals surface area contributed by atoms with E-state index in [0.29, 0.717) is 33.2 Å². The molecule has 0 aliphatic rings. The number of hydrogen-bond donors (Lipinski definition) is 0. The van der Waals surface area contributed by atoms with E-state index < -0.39 is 5.63 Å². The van der Waals surface area contributed by atoms with Gasteiger partial charge in [-0.25, -0.2) is 9.78 Å². The average molecular weight is 425 g/mol. The molecule has 0 bridgehead atoms. The van der Waals surface area contributed by atoms with Crippen molar-refractivity contribution in [2.45, 2.75) is 0 Å². The summed E-state index contributed by atoms with van der Waals surface area (Å²) in [5, 5.41) is 12.4. The molecule has 0 aliphatic carbocycles. The van der Waals surface area contributed by atoms with Gasteiger partial charge in [-0.15, -0.1) is 11.3 Å². The Morgan fingerprint density at radius 1 is 1.31 bits per heavy atom. The van der Waals surface area contributed by atoms with Gasteiger partial charge in [-0.2, -0.15) is 5.26 Å². The number of thiazole rings is 1. The summed E-state index contributed by atoms with van der Waals surface area (Å²) in [7, 11) is 0. The van der Waals surface area contributed by atoms with E-state index in [9.17, 15) is 10.1 Å². The molecule has 4 aromatic rings. The van der Waals surface area contributed by atoms with E-state index in [1.807, 2.05) is 12.1 Å². The minimum atomic E-state index is -0.467. The number of rotatable bonds is 3. The molecule has 0 saturated heterocycles. The van der Waals surface area contributed by atoms with Crippen molar-refractivity contribution in [3.05, 3.63) is 73.7 Å². The predicted molar refractivity (Wildman–Crippen MR) is 103 cm³/mol. The molecule has 0 spiro atoms. The van der Waals surface area contributed by atoms with E-state index in [0.717, 1.165) is 9.86 Å². The first-order chi connectivity index (χ1) is 12.6. The molecule has 0 saturated carbocycles. The van der Waals surface area contributed by atoms with Crippen molar-refractivity contribution < 1.29 is 8.83 Å². The van der Waals surface area contributed by atoms with E-state index in [4.69, 9.17) is 8.83 Å². The Labute approximate surface area is 160 Å². The van der Waals surface area contributed by atoms with E-state index in [2.05, 4.69) is 27.0 Å². The van der Waals surface area contributed by atoms with Gasteiger partial charge in [-0.3, -0.25) is 0 Å². The standard InChI is InChI=1S/C19H9BrN2O3S/c20-13-3-4-17-11(6-13)8-15(19(23)25-17)16-10-26-18(22-16)12(9-21)7-14-2-1-5-24-14/h1-8,10H/b12-7+. The van der Waals surface area contributed by atoms with Crippen molar-refractivity contribution in [1.29, 1.82) is 5.26 Å². The fourth-order valence-corrected chi connectivity index (χ4v) is 3.62. The first-order valence-electron chi connectivity index (χ1n) is 7.49. The number of aromatic nitrogens is 1. The summed E-state index contributed by atoms with van der Waals surface area (Å²) >= 11 is 4.69. The maximum Gasteiger partial charge on any atom is 0.345 e. The van der Waals surface area contributed by atoms with Crippen molar-refractivity contribution in [3.63, 3.8) is 0 Å². The van der Waals surface area contributed by atoms with Crippen LogP contribution in [0.4, 0.5) is 0 Å². The fraction of sp³-hybridized carbons (Fsp3) is 0. The Kier molecular flexibility index (Phi) is 4.29. The van der Waals surface area contributed by atoms with Crippen molar-refractivity contribution in [1.82, 2.24) is 4.98 Å². The molecule has 3 aromatic heterocycles. The summed E-state index contributed by atoms with van der Waals surface area (Å²) in [5.41, 5.74) is 1.23. The molecule has 0 unspecified atom stereocenters. The first-order valence-corrected chi connectivity index (χ1v) is 9.16. The monoisotopic (exact) mass is 424 g/mol. The lowest BCUT2D eigenvalue weighted by Gasteiger charge is -2.00. The zero-order valence-corrected chi connectivity index (χ0v) is 15.5. The second-order valence-corrected chi connectivity index (χ2v) is 7.13. The molecule has 0 aliphatic heterocycles. The van der Waals surface area contributed by atoms with Crippen LogP contribution < -0.4 is 5.63 Å².